The number of aliphatic hydroxyl groups is 1. The third-order valence-electron chi connectivity index (χ3n) is 3.21. The van der Waals surface area contributed by atoms with Crippen molar-refractivity contribution in [2.75, 3.05) is 11.4 Å². The molecular weight excluding hydrogens is 174 g/mol. The van der Waals surface area contributed by atoms with E-state index in [4.69, 9.17) is 0 Å². The van der Waals surface area contributed by atoms with Gasteiger partial charge in [0.2, 0.25) is 0 Å². The second-order valence-electron chi connectivity index (χ2n) is 4.45. The van der Waals surface area contributed by atoms with Crippen molar-refractivity contribution < 1.29 is 5.11 Å². The van der Waals surface area contributed by atoms with Crippen LogP contribution in [-0.4, -0.2) is 23.3 Å². The number of rotatable bonds is 1. The maximum Gasteiger partial charge on any atom is 0.0783 e. The number of anilines is 1. The first-order chi connectivity index (χ1) is 6.62. The fourth-order valence-electron chi connectivity index (χ4n) is 2.14. The second kappa shape index (κ2) is 3.28. The molecule has 2 nitrogen and oxygen atoms in total. The SMILES string of the molecule is CC1(C)C(O)CCN1c1ccccc1. The Morgan fingerprint density at radius 1 is 1.29 bits per heavy atom. The molecule has 1 aliphatic rings. The van der Waals surface area contributed by atoms with Crippen LogP contribution in [0.3, 0.4) is 0 Å². The van der Waals surface area contributed by atoms with E-state index in [2.05, 4.69) is 30.9 Å². The van der Waals surface area contributed by atoms with Crippen molar-refractivity contribution in [3.8, 4) is 0 Å². The molecule has 0 radical (unpaired) electrons. The Kier molecular flexibility index (Phi) is 2.23. The highest BCUT2D eigenvalue weighted by Crippen LogP contribution is 2.33. The van der Waals surface area contributed by atoms with Crippen molar-refractivity contribution in [1.29, 1.82) is 0 Å². The van der Waals surface area contributed by atoms with Crippen LogP contribution in [-0.2, 0) is 0 Å². The zero-order chi connectivity index (χ0) is 10.2. The van der Waals surface area contributed by atoms with Gasteiger partial charge in [0.1, 0.15) is 0 Å². The van der Waals surface area contributed by atoms with Crippen LogP contribution in [0.15, 0.2) is 30.3 Å². The minimum Gasteiger partial charge on any atom is -0.391 e. The topological polar surface area (TPSA) is 23.5 Å². The van der Waals surface area contributed by atoms with Gasteiger partial charge in [0.15, 0.2) is 0 Å². The Morgan fingerprint density at radius 3 is 2.43 bits per heavy atom. The molecule has 0 aliphatic carbocycles. The summed E-state index contributed by atoms with van der Waals surface area (Å²) in [6, 6.07) is 10.3. The van der Waals surface area contributed by atoms with Crippen molar-refractivity contribution in [1.82, 2.24) is 0 Å². The molecule has 0 spiro atoms. The summed E-state index contributed by atoms with van der Waals surface area (Å²) in [5.74, 6) is 0. The predicted octanol–water partition coefficient (Wildman–Crippen LogP) is 2.04. The number of nitrogens with zero attached hydrogens (tertiary/aromatic N) is 1. The molecule has 1 aromatic rings. The summed E-state index contributed by atoms with van der Waals surface area (Å²) in [7, 11) is 0. The summed E-state index contributed by atoms with van der Waals surface area (Å²) in [4.78, 5) is 2.28. The summed E-state index contributed by atoms with van der Waals surface area (Å²) >= 11 is 0. The van der Waals surface area contributed by atoms with E-state index in [9.17, 15) is 5.11 Å². The summed E-state index contributed by atoms with van der Waals surface area (Å²) in [6.07, 6.45) is 0.643. The van der Waals surface area contributed by atoms with Gasteiger partial charge < -0.3 is 10.0 Å². The van der Waals surface area contributed by atoms with Crippen LogP contribution < -0.4 is 4.90 Å². The smallest absolute Gasteiger partial charge is 0.0783 e. The molecule has 0 saturated carbocycles. The van der Waals surface area contributed by atoms with Gasteiger partial charge in [-0.05, 0) is 32.4 Å². The standard InChI is InChI=1S/C12H17NO/c1-12(2)11(14)8-9-13(12)10-6-4-3-5-7-10/h3-7,11,14H,8-9H2,1-2H3. The molecule has 1 aromatic carbocycles. The summed E-state index contributed by atoms with van der Waals surface area (Å²) in [5.41, 5.74) is 1.07. The third kappa shape index (κ3) is 1.40. The van der Waals surface area contributed by atoms with E-state index < -0.39 is 0 Å². The Hall–Kier alpha value is -1.02. The average Bonchev–Trinajstić information content (AvgIpc) is 2.44. The zero-order valence-electron chi connectivity index (χ0n) is 8.77. The fourth-order valence-corrected chi connectivity index (χ4v) is 2.14. The molecule has 14 heavy (non-hydrogen) atoms. The van der Waals surface area contributed by atoms with Gasteiger partial charge in [0.05, 0.1) is 11.6 Å². The monoisotopic (exact) mass is 191 g/mol. The van der Waals surface area contributed by atoms with Gasteiger partial charge >= 0.3 is 0 Å². The lowest BCUT2D eigenvalue weighted by molar-refractivity contribution is 0.127. The van der Waals surface area contributed by atoms with Gasteiger partial charge in [-0.1, -0.05) is 18.2 Å². The van der Waals surface area contributed by atoms with E-state index in [0.29, 0.717) is 0 Å². The summed E-state index contributed by atoms with van der Waals surface area (Å²) < 4.78 is 0. The third-order valence-corrected chi connectivity index (χ3v) is 3.21. The lowest BCUT2D eigenvalue weighted by Crippen LogP contribution is -2.45. The van der Waals surface area contributed by atoms with E-state index in [1.165, 1.54) is 5.69 Å². The van der Waals surface area contributed by atoms with Crippen molar-refractivity contribution >= 4 is 5.69 Å². The molecule has 0 amide bonds. The Balaban J connectivity index is 2.29. The van der Waals surface area contributed by atoms with E-state index >= 15 is 0 Å². The highest BCUT2D eigenvalue weighted by atomic mass is 16.3. The van der Waals surface area contributed by atoms with E-state index in [-0.39, 0.29) is 11.6 Å². The number of benzene rings is 1. The van der Waals surface area contributed by atoms with Crippen molar-refractivity contribution in [3.63, 3.8) is 0 Å². The van der Waals surface area contributed by atoms with Crippen molar-refractivity contribution in [2.24, 2.45) is 0 Å². The molecule has 1 N–H and O–H groups in total. The zero-order valence-corrected chi connectivity index (χ0v) is 8.77. The maximum absolute atomic E-state index is 9.85. The molecule has 0 bridgehead atoms. The van der Waals surface area contributed by atoms with Gasteiger partial charge in [0.25, 0.3) is 0 Å². The first-order valence-electron chi connectivity index (χ1n) is 5.13. The molecule has 0 aromatic heterocycles. The Bertz CT molecular complexity index is 307. The molecule has 1 aliphatic heterocycles. The van der Waals surface area contributed by atoms with Gasteiger partial charge in [-0.2, -0.15) is 0 Å². The Morgan fingerprint density at radius 2 is 1.93 bits per heavy atom. The molecule has 1 unspecified atom stereocenters. The van der Waals surface area contributed by atoms with Crippen LogP contribution >= 0.6 is 0 Å². The first kappa shape index (κ1) is 9.53. The van der Waals surface area contributed by atoms with Gasteiger partial charge in [0, 0.05) is 12.2 Å². The van der Waals surface area contributed by atoms with Crippen LogP contribution in [0.5, 0.6) is 0 Å². The predicted molar refractivity (Wildman–Crippen MR) is 58.5 cm³/mol. The normalized spacial score (nSPS) is 25.4. The van der Waals surface area contributed by atoms with E-state index in [1.807, 2.05) is 18.2 Å². The van der Waals surface area contributed by atoms with Crippen molar-refractivity contribution in [3.05, 3.63) is 30.3 Å². The number of hydrogen-bond donors (Lipinski definition) is 1. The van der Waals surface area contributed by atoms with Crippen LogP contribution in [0.2, 0.25) is 0 Å². The van der Waals surface area contributed by atoms with Crippen LogP contribution in [0.4, 0.5) is 5.69 Å². The van der Waals surface area contributed by atoms with Gasteiger partial charge in [-0.3, -0.25) is 0 Å². The molecular formula is C12H17NO. The van der Waals surface area contributed by atoms with E-state index in [0.717, 1.165) is 13.0 Å². The minimum absolute atomic E-state index is 0.138. The van der Waals surface area contributed by atoms with Gasteiger partial charge in [-0.25, -0.2) is 0 Å². The van der Waals surface area contributed by atoms with Crippen molar-refractivity contribution in [2.45, 2.75) is 31.9 Å². The highest BCUT2D eigenvalue weighted by Gasteiger charge is 2.39. The number of para-hydroxylation sites is 1. The van der Waals surface area contributed by atoms with E-state index in [1.54, 1.807) is 0 Å². The largest absolute Gasteiger partial charge is 0.391 e. The molecule has 1 atom stereocenters. The minimum atomic E-state index is -0.220. The lowest BCUT2D eigenvalue weighted by atomic mass is 9.98. The van der Waals surface area contributed by atoms with Crippen LogP contribution in [0.25, 0.3) is 0 Å². The molecule has 2 rings (SSSR count). The molecule has 2 heteroatoms. The average molecular weight is 191 g/mol. The lowest BCUT2D eigenvalue weighted by Gasteiger charge is -2.35. The quantitative estimate of drug-likeness (QED) is 0.734. The van der Waals surface area contributed by atoms with Gasteiger partial charge in [-0.15, -0.1) is 0 Å². The Labute approximate surface area is 85.2 Å². The first-order valence-corrected chi connectivity index (χ1v) is 5.13. The summed E-state index contributed by atoms with van der Waals surface area (Å²) in [5, 5.41) is 9.85. The molecule has 76 valence electrons. The highest BCUT2D eigenvalue weighted by molar-refractivity contribution is 5.50. The van der Waals surface area contributed by atoms with Crippen LogP contribution in [0, 0.1) is 0 Å². The fraction of sp³-hybridized carbons (Fsp3) is 0.500. The maximum atomic E-state index is 9.85. The molecule has 1 heterocycles. The number of hydrogen-bond acceptors (Lipinski definition) is 2. The van der Waals surface area contributed by atoms with Crippen LogP contribution in [0.1, 0.15) is 20.3 Å². The second-order valence-corrected chi connectivity index (χ2v) is 4.45. The summed E-state index contributed by atoms with van der Waals surface area (Å²) in [6.45, 7) is 5.13. The molecule has 1 saturated heterocycles. The number of aliphatic hydroxyl groups excluding tert-OH is 1. The molecule has 1 fully saturated rings.